The molecule has 0 unspecified atom stereocenters. The third kappa shape index (κ3) is 2.60. The van der Waals surface area contributed by atoms with Gasteiger partial charge in [0, 0.05) is 24.1 Å². The first kappa shape index (κ1) is 10.7. The topological polar surface area (TPSA) is 24.9 Å². The molecule has 0 aliphatic heterocycles. The molecule has 1 heterocycles. The molecule has 0 amide bonds. The number of nitrogens with zero attached hydrogens (tertiary/aromatic N) is 1. The number of nitrogens with one attached hydrogen (secondary N) is 1. The van der Waals surface area contributed by atoms with Crippen molar-refractivity contribution in [3.63, 3.8) is 0 Å². The zero-order chi connectivity index (χ0) is 11.4. The largest absolute Gasteiger partial charge is 0.381 e. The van der Waals surface area contributed by atoms with Gasteiger partial charge in [0.2, 0.25) is 0 Å². The molecule has 0 saturated carbocycles. The van der Waals surface area contributed by atoms with E-state index in [9.17, 15) is 0 Å². The van der Waals surface area contributed by atoms with Gasteiger partial charge in [-0.25, -0.2) is 0 Å². The molecule has 0 aliphatic carbocycles. The quantitative estimate of drug-likeness (QED) is 0.844. The van der Waals surface area contributed by atoms with E-state index in [1.54, 1.807) is 0 Å². The van der Waals surface area contributed by atoms with Crippen LogP contribution in [0, 0.1) is 13.8 Å². The fraction of sp³-hybridized carbons (Fsp3) is 0.214. The van der Waals surface area contributed by atoms with E-state index >= 15 is 0 Å². The highest BCUT2D eigenvalue weighted by atomic mass is 14.9. The molecule has 0 saturated heterocycles. The van der Waals surface area contributed by atoms with Crippen LogP contribution in [0.4, 0.5) is 5.69 Å². The Labute approximate surface area is 96.4 Å². The van der Waals surface area contributed by atoms with E-state index in [-0.39, 0.29) is 0 Å². The Morgan fingerprint density at radius 3 is 2.69 bits per heavy atom. The summed E-state index contributed by atoms with van der Waals surface area (Å²) in [7, 11) is 0. The fourth-order valence-electron chi connectivity index (χ4n) is 1.66. The molecule has 82 valence electrons. The number of aryl methyl sites for hydroxylation is 2. The second-order valence-corrected chi connectivity index (χ2v) is 3.97. The third-order valence-electron chi connectivity index (χ3n) is 2.64. The fourth-order valence-corrected chi connectivity index (χ4v) is 1.66. The summed E-state index contributed by atoms with van der Waals surface area (Å²) in [5, 5.41) is 3.40. The number of hydrogen-bond acceptors (Lipinski definition) is 2. The van der Waals surface area contributed by atoms with Crippen molar-refractivity contribution in [3.8, 4) is 0 Å². The highest BCUT2D eigenvalue weighted by Crippen LogP contribution is 2.12. The first-order valence-electron chi connectivity index (χ1n) is 5.47. The highest BCUT2D eigenvalue weighted by Gasteiger charge is 1.97. The van der Waals surface area contributed by atoms with E-state index in [4.69, 9.17) is 0 Å². The minimum atomic E-state index is 0.857. The van der Waals surface area contributed by atoms with Crippen LogP contribution in [0.25, 0.3) is 0 Å². The van der Waals surface area contributed by atoms with E-state index in [1.807, 2.05) is 19.2 Å². The van der Waals surface area contributed by atoms with Crippen LogP contribution >= 0.6 is 0 Å². The molecule has 1 aromatic heterocycles. The van der Waals surface area contributed by atoms with Gasteiger partial charge >= 0.3 is 0 Å². The van der Waals surface area contributed by atoms with E-state index in [1.165, 1.54) is 11.1 Å². The second-order valence-electron chi connectivity index (χ2n) is 3.97. The summed E-state index contributed by atoms with van der Waals surface area (Å²) in [5.41, 5.74) is 4.81. The monoisotopic (exact) mass is 212 g/mol. The summed E-state index contributed by atoms with van der Waals surface area (Å²) in [5.74, 6) is 0. The van der Waals surface area contributed by atoms with Gasteiger partial charge in [0.25, 0.3) is 0 Å². The molecule has 0 radical (unpaired) electrons. The highest BCUT2D eigenvalue weighted by molar-refractivity contribution is 5.44. The maximum atomic E-state index is 4.17. The lowest BCUT2D eigenvalue weighted by Crippen LogP contribution is -2.01. The van der Waals surface area contributed by atoms with E-state index in [0.717, 1.165) is 17.9 Å². The van der Waals surface area contributed by atoms with Gasteiger partial charge < -0.3 is 5.32 Å². The van der Waals surface area contributed by atoms with Crippen LogP contribution in [0.1, 0.15) is 16.8 Å². The Balaban J connectivity index is 2.05. The molecule has 2 aromatic rings. The van der Waals surface area contributed by atoms with E-state index in [0.29, 0.717) is 0 Å². The van der Waals surface area contributed by atoms with Crippen molar-refractivity contribution in [1.82, 2.24) is 4.98 Å². The lowest BCUT2D eigenvalue weighted by atomic mass is 10.1. The molecule has 0 bridgehead atoms. The van der Waals surface area contributed by atoms with Gasteiger partial charge in [0.1, 0.15) is 0 Å². The van der Waals surface area contributed by atoms with Gasteiger partial charge in [0.05, 0.1) is 0 Å². The van der Waals surface area contributed by atoms with Gasteiger partial charge in [-0.3, -0.25) is 4.98 Å². The number of rotatable bonds is 3. The number of hydrogen-bond donors (Lipinski definition) is 1. The summed E-state index contributed by atoms with van der Waals surface area (Å²) in [4.78, 5) is 4.17. The van der Waals surface area contributed by atoms with Crippen LogP contribution in [-0.2, 0) is 6.54 Å². The predicted octanol–water partition coefficient (Wildman–Crippen LogP) is 3.31. The summed E-state index contributed by atoms with van der Waals surface area (Å²) < 4.78 is 0. The Morgan fingerprint density at radius 1 is 1.12 bits per heavy atom. The number of benzene rings is 1. The van der Waals surface area contributed by atoms with E-state index in [2.05, 4.69) is 47.6 Å². The van der Waals surface area contributed by atoms with Crippen LogP contribution in [-0.4, -0.2) is 4.98 Å². The first-order chi connectivity index (χ1) is 7.75. The molecule has 0 atom stereocenters. The third-order valence-corrected chi connectivity index (χ3v) is 2.64. The number of anilines is 1. The summed E-state index contributed by atoms with van der Waals surface area (Å²) >= 11 is 0. The Bertz CT molecular complexity index is 478. The van der Waals surface area contributed by atoms with Gasteiger partial charge in [-0.2, -0.15) is 0 Å². The van der Waals surface area contributed by atoms with Crippen molar-refractivity contribution in [2.75, 3.05) is 5.32 Å². The summed E-state index contributed by atoms with van der Waals surface area (Å²) in [6.45, 7) is 4.99. The predicted molar refractivity (Wildman–Crippen MR) is 67.5 cm³/mol. The molecule has 0 aliphatic rings. The molecular formula is C14H16N2. The lowest BCUT2D eigenvalue weighted by Gasteiger charge is -2.09. The average molecular weight is 212 g/mol. The zero-order valence-corrected chi connectivity index (χ0v) is 9.70. The normalized spacial score (nSPS) is 10.1. The van der Waals surface area contributed by atoms with Crippen LogP contribution < -0.4 is 5.32 Å². The zero-order valence-electron chi connectivity index (χ0n) is 9.70. The minimum absolute atomic E-state index is 0.857. The average Bonchev–Trinajstić information content (AvgIpc) is 2.28. The van der Waals surface area contributed by atoms with Crippen molar-refractivity contribution in [2.24, 2.45) is 0 Å². The van der Waals surface area contributed by atoms with E-state index < -0.39 is 0 Å². The summed E-state index contributed by atoms with van der Waals surface area (Å²) in [6.07, 6.45) is 1.83. The summed E-state index contributed by atoms with van der Waals surface area (Å²) in [6, 6.07) is 12.5. The second kappa shape index (κ2) is 4.79. The van der Waals surface area contributed by atoms with Crippen LogP contribution in [0.2, 0.25) is 0 Å². The molecule has 1 aromatic carbocycles. The van der Waals surface area contributed by atoms with Crippen molar-refractivity contribution in [3.05, 3.63) is 59.4 Å². The van der Waals surface area contributed by atoms with Crippen molar-refractivity contribution >= 4 is 5.69 Å². The molecule has 2 rings (SSSR count). The first-order valence-corrected chi connectivity index (χ1v) is 5.47. The van der Waals surface area contributed by atoms with Gasteiger partial charge in [-0.15, -0.1) is 0 Å². The van der Waals surface area contributed by atoms with Gasteiger partial charge in [-0.05, 0) is 37.1 Å². The number of aromatic nitrogens is 1. The Kier molecular flexibility index (Phi) is 3.20. The Morgan fingerprint density at radius 2 is 1.94 bits per heavy atom. The minimum Gasteiger partial charge on any atom is -0.381 e. The van der Waals surface area contributed by atoms with Crippen LogP contribution in [0.15, 0.2) is 42.6 Å². The molecule has 2 nitrogen and oxygen atoms in total. The van der Waals surface area contributed by atoms with Crippen molar-refractivity contribution < 1.29 is 0 Å². The molecule has 0 spiro atoms. The molecule has 1 N–H and O–H groups in total. The molecule has 2 heteroatoms. The SMILES string of the molecule is Cc1cc(NCc2ccccc2C)ccn1. The molecule has 16 heavy (non-hydrogen) atoms. The Hall–Kier alpha value is -1.83. The molecule has 0 fully saturated rings. The van der Waals surface area contributed by atoms with Gasteiger partial charge in [0.15, 0.2) is 0 Å². The van der Waals surface area contributed by atoms with Crippen LogP contribution in [0.3, 0.4) is 0 Å². The lowest BCUT2D eigenvalue weighted by molar-refractivity contribution is 1.10. The maximum absolute atomic E-state index is 4.17. The van der Waals surface area contributed by atoms with Crippen LogP contribution in [0.5, 0.6) is 0 Å². The molecular weight excluding hydrogens is 196 g/mol. The number of pyridine rings is 1. The smallest absolute Gasteiger partial charge is 0.0403 e. The van der Waals surface area contributed by atoms with Crippen molar-refractivity contribution in [1.29, 1.82) is 0 Å². The van der Waals surface area contributed by atoms with Gasteiger partial charge in [-0.1, -0.05) is 24.3 Å². The van der Waals surface area contributed by atoms with Crippen molar-refractivity contribution in [2.45, 2.75) is 20.4 Å². The maximum Gasteiger partial charge on any atom is 0.0403 e. The standard InChI is InChI=1S/C14H16N2/c1-11-5-3-4-6-13(11)10-16-14-7-8-15-12(2)9-14/h3-9H,10H2,1-2H3,(H,15,16).